The number of ether oxygens (including phenoxy) is 3. The summed E-state index contributed by atoms with van der Waals surface area (Å²) in [6.45, 7) is 18.3. The number of likely N-dealkylation sites (tertiary alicyclic amines) is 1. The second kappa shape index (κ2) is 22.5. The summed E-state index contributed by atoms with van der Waals surface area (Å²) in [4.78, 5) is 72.1. The molecular formula is C46H78N6O8. The Labute approximate surface area is 360 Å². The van der Waals surface area contributed by atoms with Gasteiger partial charge < -0.3 is 45.7 Å². The summed E-state index contributed by atoms with van der Waals surface area (Å²) >= 11 is 0. The predicted molar refractivity (Wildman–Crippen MR) is 234 cm³/mol. The predicted octanol–water partition coefficient (Wildman–Crippen LogP) is 4.32. The van der Waals surface area contributed by atoms with E-state index in [0.29, 0.717) is 39.0 Å². The van der Waals surface area contributed by atoms with Gasteiger partial charge in [-0.2, -0.15) is 0 Å². The van der Waals surface area contributed by atoms with Crippen molar-refractivity contribution in [3.8, 4) is 0 Å². The average molecular weight is 843 g/mol. The number of nitrogens with two attached hydrogens (primary N) is 1. The molecule has 5 N–H and O–H groups in total. The third kappa shape index (κ3) is 14.0. The van der Waals surface area contributed by atoms with Gasteiger partial charge in [0.15, 0.2) is 0 Å². The minimum absolute atomic E-state index is 0.0156. The summed E-state index contributed by atoms with van der Waals surface area (Å²) < 4.78 is 17.6. The molecule has 0 aromatic heterocycles. The molecule has 60 heavy (non-hydrogen) atoms. The van der Waals surface area contributed by atoms with Crippen LogP contribution in [0.2, 0.25) is 0 Å². The van der Waals surface area contributed by atoms with Crippen molar-refractivity contribution < 1.29 is 38.2 Å². The largest absolute Gasteiger partial charge is 0.381 e. The van der Waals surface area contributed by atoms with Crippen LogP contribution in [0.25, 0.3) is 0 Å². The van der Waals surface area contributed by atoms with Crippen molar-refractivity contribution in [2.45, 2.75) is 161 Å². The molecule has 340 valence electrons. The Bertz CT molecular complexity index is 1560. The lowest BCUT2D eigenvalue weighted by Crippen LogP contribution is -2.62. The molecule has 0 spiro atoms. The Morgan fingerprint density at radius 1 is 0.983 bits per heavy atom. The summed E-state index contributed by atoms with van der Waals surface area (Å²) in [6, 6.07) is 8.57. The van der Waals surface area contributed by atoms with Crippen molar-refractivity contribution in [3.05, 3.63) is 35.9 Å². The number of nitrogens with one attached hydrogen (secondary N) is 3. The maximum atomic E-state index is 14.4. The standard InChI is InChI=1S/C46H78N6O8/c1-13-31(4)39(51(10)42(56)38(30(2)3)49-43(57)45(8,9)50-36(53)21-26-60-27-24-44(6,7)47)35(58-11)28-37(54)52-25-17-20-34(52)40(59-12)32(5)41(55)48-29-46(22-23-46)33-18-15-14-16-19-33/h14-16,18-19,30-32,34-35,38-40H,13,17,20-29,47H2,1-12H3,(H,48,55)(H,49,57)(H,50,53)/t31-,32+,34-,35+,38-,39?,40+/m0/s1. The number of rotatable bonds is 25. The van der Waals surface area contributed by atoms with E-state index in [1.165, 1.54) is 5.56 Å². The molecule has 1 saturated carbocycles. The first-order valence-corrected chi connectivity index (χ1v) is 22.1. The second-order valence-electron chi connectivity index (χ2n) is 18.9. The Morgan fingerprint density at radius 3 is 2.18 bits per heavy atom. The summed E-state index contributed by atoms with van der Waals surface area (Å²) in [7, 11) is 4.84. The van der Waals surface area contributed by atoms with Crippen LogP contribution in [0.4, 0.5) is 0 Å². The maximum Gasteiger partial charge on any atom is 0.245 e. The first-order chi connectivity index (χ1) is 28.1. The number of methoxy groups -OCH3 is 2. The zero-order valence-corrected chi connectivity index (χ0v) is 38.7. The lowest BCUT2D eigenvalue weighted by Gasteiger charge is -2.41. The van der Waals surface area contributed by atoms with E-state index in [4.69, 9.17) is 19.9 Å². The quantitative estimate of drug-likeness (QED) is 0.104. The molecular weight excluding hydrogens is 765 g/mol. The fraction of sp³-hybridized carbons (Fsp3) is 0.761. The number of hydrogen-bond acceptors (Lipinski definition) is 9. The first kappa shape index (κ1) is 50.8. The van der Waals surface area contributed by atoms with Crippen LogP contribution in [0.3, 0.4) is 0 Å². The van der Waals surface area contributed by atoms with E-state index < -0.39 is 41.7 Å². The number of hydrogen-bond donors (Lipinski definition) is 4. The number of likely N-dealkylation sites (N-methyl/N-ethyl adjacent to an activating group) is 1. The zero-order chi connectivity index (χ0) is 45.0. The van der Waals surface area contributed by atoms with Gasteiger partial charge in [-0.15, -0.1) is 0 Å². The number of benzene rings is 1. The molecule has 7 atom stereocenters. The van der Waals surface area contributed by atoms with Gasteiger partial charge in [0.25, 0.3) is 0 Å². The van der Waals surface area contributed by atoms with E-state index in [0.717, 1.165) is 19.3 Å². The highest BCUT2D eigenvalue weighted by Crippen LogP contribution is 2.47. The van der Waals surface area contributed by atoms with Crippen molar-refractivity contribution in [2.24, 2.45) is 23.5 Å². The molecule has 1 aliphatic carbocycles. The van der Waals surface area contributed by atoms with Crippen molar-refractivity contribution >= 4 is 29.5 Å². The molecule has 1 heterocycles. The molecule has 1 saturated heterocycles. The van der Waals surface area contributed by atoms with Gasteiger partial charge in [-0.25, -0.2) is 0 Å². The fourth-order valence-electron chi connectivity index (χ4n) is 8.36. The van der Waals surface area contributed by atoms with E-state index in [-0.39, 0.29) is 71.9 Å². The molecule has 1 aromatic rings. The van der Waals surface area contributed by atoms with E-state index >= 15 is 0 Å². The Hall–Kier alpha value is -3.59. The van der Waals surface area contributed by atoms with Gasteiger partial charge in [0.2, 0.25) is 29.5 Å². The summed E-state index contributed by atoms with van der Waals surface area (Å²) in [5.74, 6) is -2.26. The van der Waals surface area contributed by atoms with Crippen LogP contribution in [0.5, 0.6) is 0 Å². The van der Waals surface area contributed by atoms with Crippen LogP contribution in [0.1, 0.15) is 119 Å². The monoisotopic (exact) mass is 843 g/mol. The minimum atomic E-state index is -1.31. The van der Waals surface area contributed by atoms with Crippen LogP contribution in [-0.4, -0.2) is 128 Å². The van der Waals surface area contributed by atoms with Gasteiger partial charge in [-0.1, -0.05) is 71.4 Å². The zero-order valence-electron chi connectivity index (χ0n) is 38.7. The second-order valence-corrected chi connectivity index (χ2v) is 18.9. The topological polar surface area (TPSA) is 182 Å². The normalized spacial score (nSPS) is 19.4. The summed E-state index contributed by atoms with van der Waals surface area (Å²) in [5.41, 5.74) is 5.52. The molecule has 1 unspecified atom stereocenters. The van der Waals surface area contributed by atoms with Gasteiger partial charge in [-0.3, -0.25) is 24.0 Å². The van der Waals surface area contributed by atoms with Crippen LogP contribution in [0.15, 0.2) is 30.3 Å². The van der Waals surface area contributed by atoms with Crippen molar-refractivity contribution in [1.29, 1.82) is 0 Å². The number of amides is 5. The van der Waals surface area contributed by atoms with E-state index in [1.807, 2.05) is 71.6 Å². The molecule has 2 fully saturated rings. The molecule has 3 rings (SSSR count). The number of nitrogens with zero attached hydrogens (tertiary/aromatic N) is 2. The third-order valence-electron chi connectivity index (χ3n) is 12.7. The highest BCUT2D eigenvalue weighted by Gasteiger charge is 2.46. The van der Waals surface area contributed by atoms with Crippen LogP contribution in [0, 0.1) is 17.8 Å². The molecule has 0 bridgehead atoms. The number of carbonyl (C=O) groups is 5. The molecule has 1 aromatic carbocycles. The first-order valence-electron chi connectivity index (χ1n) is 22.1. The minimum Gasteiger partial charge on any atom is -0.381 e. The van der Waals surface area contributed by atoms with Gasteiger partial charge in [0, 0.05) is 58.3 Å². The molecule has 14 heteroatoms. The van der Waals surface area contributed by atoms with Crippen LogP contribution < -0.4 is 21.7 Å². The Morgan fingerprint density at radius 2 is 1.63 bits per heavy atom. The van der Waals surface area contributed by atoms with E-state index in [2.05, 4.69) is 28.1 Å². The third-order valence-corrected chi connectivity index (χ3v) is 12.7. The van der Waals surface area contributed by atoms with Crippen LogP contribution in [-0.2, 0) is 43.6 Å². The van der Waals surface area contributed by atoms with Gasteiger partial charge >= 0.3 is 0 Å². The molecule has 1 aliphatic heterocycles. The number of carbonyl (C=O) groups excluding carboxylic acids is 5. The van der Waals surface area contributed by atoms with Gasteiger partial charge in [0.1, 0.15) is 11.6 Å². The van der Waals surface area contributed by atoms with Crippen molar-refractivity contribution in [3.63, 3.8) is 0 Å². The van der Waals surface area contributed by atoms with E-state index in [9.17, 15) is 24.0 Å². The van der Waals surface area contributed by atoms with Crippen molar-refractivity contribution in [1.82, 2.24) is 25.8 Å². The SMILES string of the molecule is CC[C@H](C)C([C@@H](CC(=O)N1CCC[C@H]1[C@H](OC)[C@@H](C)C(=O)NCC1(c2ccccc2)CC1)OC)N(C)C(=O)[C@@H](NC(=O)C(C)(C)NC(=O)CCOCCC(C)(C)N)C(C)C. The van der Waals surface area contributed by atoms with Crippen molar-refractivity contribution in [2.75, 3.05) is 47.6 Å². The average Bonchev–Trinajstić information content (AvgIpc) is 3.84. The molecule has 2 aliphatic rings. The highest BCUT2D eigenvalue weighted by molar-refractivity contribution is 5.94. The fourth-order valence-corrected chi connectivity index (χ4v) is 8.36. The Kier molecular flexibility index (Phi) is 19.0. The van der Waals surface area contributed by atoms with Crippen LogP contribution >= 0.6 is 0 Å². The summed E-state index contributed by atoms with van der Waals surface area (Å²) in [5, 5.41) is 8.88. The smallest absolute Gasteiger partial charge is 0.245 e. The maximum absolute atomic E-state index is 14.4. The molecule has 0 radical (unpaired) electrons. The highest BCUT2D eigenvalue weighted by atomic mass is 16.5. The Balaban J connectivity index is 1.68. The van der Waals surface area contributed by atoms with E-state index in [1.54, 1.807) is 40.0 Å². The summed E-state index contributed by atoms with van der Waals surface area (Å²) in [6.07, 6.45) is 3.81. The van der Waals surface area contributed by atoms with Gasteiger partial charge in [-0.05, 0) is 77.2 Å². The lowest BCUT2D eigenvalue weighted by molar-refractivity contribution is -0.148. The lowest BCUT2D eigenvalue weighted by atomic mass is 9.89. The molecule has 14 nitrogen and oxygen atoms in total. The molecule has 5 amide bonds. The van der Waals surface area contributed by atoms with Gasteiger partial charge in [0.05, 0.1) is 43.2 Å².